The molecule has 0 radical (unpaired) electrons. The molecule has 3 aliphatic rings. The minimum Gasteiger partial charge on any atom is -0.481 e. The zero-order valence-electron chi connectivity index (χ0n) is 7.68. The van der Waals surface area contributed by atoms with E-state index in [1.54, 1.807) is 0 Å². The van der Waals surface area contributed by atoms with Crippen LogP contribution in [0.1, 0.15) is 19.3 Å². The van der Waals surface area contributed by atoms with E-state index in [2.05, 4.69) is 0 Å². The fourth-order valence-corrected chi connectivity index (χ4v) is 3.56. The zero-order chi connectivity index (χ0) is 9.87. The average Bonchev–Trinajstić information content (AvgIpc) is 2.69. The maximum atomic E-state index is 11.4. The first-order valence-corrected chi connectivity index (χ1v) is 5.12. The third kappa shape index (κ3) is 0.837. The monoisotopic (exact) mass is 196 g/mol. The molecule has 4 heteroatoms. The van der Waals surface area contributed by atoms with E-state index in [0.29, 0.717) is 6.42 Å². The van der Waals surface area contributed by atoms with Crippen molar-refractivity contribution in [3.05, 3.63) is 0 Å². The van der Waals surface area contributed by atoms with Gasteiger partial charge in [-0.1, -0.05) is 0 Å². The molecule has 76 valence electrons. The lowest BCUT2D eigenvalue weighted by Crippen LogP contribution is -2.20. The predicted octanol–water partition coefficient (Wildman–Crippen LogP) is 0.659. The quantitative estimate of drug-likeness (QED) is 0.626. The summed E-state index contributed by atoms with van der Waals surface area (Å²) in [5.41, 5.74) is 0. The first kappa shape index (κ1) is 8.26. The summed E-state index contributed by atoms with van der Waals surface area (Å²) >= 11 is 0. The molecule has 0 aromatic rings. The van der Waals surface area contributed by atoms with Crippen molar-refractivity contribution in [2.24, 2.45) is 23.7 Å². The molecule has 0 bridgehead atoms. The highest BCUT2D eigenvalue weighted by molar-refractivity contribution is 5.79. The first-order valence-electron chi connectivity index (χ1n) is 5.12. The lowest BCUT2D eigenvalue weighted by Gasteiger charge is -2.13. The third-order valence-electron chi connectivity index (χ3n) is 4.08. The number of carbonyl (C=O) groups excluding carboxylic acids is 1. The molecule has 2 saturated carbocycles. The minimum absolute atomic E-state index is 0.0295. The Hall–Kier alpha value is -1.06. The van der Waals surface area contributed by atoms with E-state index >= 15 is 0 Å². The average molecular weight is 196 g/mol. The Morgan fingerprint density at radius 3 is 2.93 bits per heavy atom. The minimum atomic E-state index is -0.738. The molecule has 4 nitrogen and oxygen atoms in total. The number of esters is 1. The fraction of sp³-hybridized carbons (Fsp3) is 0.800. The summed E-state index contributed by atoms with van der Waals surface area (Å²) in [6.45, 7) is 0. The van der Waals surface area contributed by atoms with Crippen LogP contribution >= 0.6 is 0 Å². The molecule has 3 rings (SSSR count). The number of rotatable bonds is 1. The van der Waals surface area contributed by atoms with Crippen LogP contribution in [0.5, 0.6) is 0 Å². The Balaban J connectivity index is 1.94. The molecule has 0 spiro atoms. The van der Waals surface area contributed by atoms with Gasteiger partial charge in [0.05, 0.1) is 11.8 Å². The summed E-state index contributed by atoms with van der Waals surface area (Å²) < 4.78 is 5.22. The van der Waals surface area contributed by atoms with Crippen LogP contribution in [-0.4, -0.2) is 23.1 Å². The normalized spacial score (nSPS) is 49.1. The molecule has 1 saturated heterocycles. The van der Waals surface area contributed by atoms with Crippen molar-refractivity contribution < 1.29 is 19.4 Å². The maximum absolute atomic E-state index is 11.4. The second kappa shape index (κ2) is 2.49. The lowest BCUT2D eigenvalue weighted by atomic mass is 9.91. The summed E-state index contributed by atoms with van der Waals surface area (Å²) in [6.07, 6.45) is 2.30. The summed E-state index contributed by atoms with van der Waals surface area (Å²) in [6, 6.07) is 0. The SMILES string of the molecule is O=C1O[C@@H]2CC[C@H]3[C@@H]2[C@@H]1C[C@H]3C(=O)O. The highest BCUT2D eigenvalue weighted by Gasteiger charge is 2.60. The number of hydrogen-bond acceptors (Lipinski definition) is 3. The van der Waals surface area contributed by atoms with E-state index in [4.69, 9.17) is 9.84 Å². The van der Waals surface area contributed by atoms with Crippen molar-refractivity contribution in [1.29, 1.82) is 0 Å². The molecule has 5 atom stereocenters. The van der Waals surface area contributed by atoms with Crippen LogP contribution in [0, 0.1) is 23.7 Å². The van der Waals surface area contributed by atoms with Crippen LogP contribution in [0.2, 0.25) is 0 Å². The molecule has 0 unspecified atom stereocenters. The standard InChI is InChI=1S/C10H12O4/c11-9(12)5-3-6-8-4(5)1-2-7(8)14-10(6)13/h4-8H,1-3H2,(H,11,12)/t4-,5-,6+,7-,8-/m1/s1. The summed E-state index contributed by atoms with van der Waals surface area (Å²) in [4.78, 5) is 22.4. The zero-order valence-corrected chi connectivity index (χ0v) is 7.68. The van der Waals surface area contributed by atoms with Crippen LogP contribution in [-0.2, 0) is 14.3 Å². The third-order valence-corrected chi connectivity index (χ3v) is 4.08. The highest BCUT2D eigenvalue weighted by atomic mass is 16.6. The summed E-state index contributed by atoms with van der Waals surface area (Å²) in [5.74, 6) is -0.916. The van der Waals surface area contributed by atoms with Gasteiger partial charge in [-0.15, -0.1) is 0 Å². The van der Waals surface area contributed by atoms with Crippen LogP contribution in [0.25, 0.3) is 0 Å². The van der Waals surface area contributed by atoms with Crippen LogP contribution < -0.4 is 0 Å². The van der Waals surface area contributed by atoms with E-state index in [0.717, 1.165) is 12.8 Å². The van der Waals surface area contributed by atoms with E-state index in [9.17, 15) is 9.59 Å². The van der Waals surface area contributed by atoms with Gasteiger partial charge in [-0.05, 0) is 25.2 Å². The van der Waals surface area contributed by atoms with E-state index < -0.39 is 5.97 Å². The van der Waals surface area contributed by atoms with Crippen molar-refractivity contribution in [1.82, 2.24) is 0 Å². The number of aliphatic carboxylic acids is 1. The molecule has 0 aromatic carbocycles. The Morgan fingerprint density at radius 1 is 1.43 bits per heavy atom. The van der Waals surface area contributed by atoms with Gasteiger partial charge in [-0.3, -0.25) is 9.59 Å². The molecule has 0 aromatic heterocycles. The van der Waals surface area contributed by atoms with Crippen molar-refractivity contribution >= 4 is 11.9 Å². The van der Waals surface area contributed by atoms with Crippen molar-refractivity contribution in [3.63, 3.8) is 0 Å². The number of carboxylic acid groups (broad SMARTS) is 1. The molecule has 14 heavy (non-hydrogen) atoms. The molecule has 0 amide bonds. The van der Waals surface area contributed by atoms with Gasteiger partial charge in [-0.2, -0.15) is 0 Å². The largest absolute Gasteiger partial charge is 0.481 e. The van der Waals surface area contributed by atoms with Gasteiger partial charge < -0.3 is 9.84 Å². The van der Waals surface area contributed by atoms with Gasteiger partial charge in [0.1, 0.15) is 6.10 Å². The van der Waals surface area contributed by atoms with Crippen molar-refractivity contribution in [2.75, 3.05) is 0 Å². The van der Waals surface area contributed by atoms with Crippen molar-refractivity contribution in [3.8, 4) is 0 Å². The number of carbonyl (C=O) groups is 2. The second-order valence-electron chi connectivity index (χ2n) is 4.58. The van der Waals surface area contributed by atoms with E-state index in [1.165, 1.54) is 0 Å². The van der Waals surface area contributed by atoms with Gasteiger partial charge in [-0.25, -0.2) is 0 Å². The molecule has 1 aliphatic heterocycles. The number of carboxylic acids is 1. The van der Waals surface area contributed by atoms with Crippen molar-refractivity contribution in [2.45, 2.75) is 25.4 Å². The Bertz CT molecular complexity index is 311. The fourth-order valence-electron chi connectivity index (χ4n) is 3.56. The van der Waals surface area contributed by atoms with Gasteiger partial charge in [0, 0.05) is 5.92 Å². The Morgan fingerprint density at radius 2 is 2.21 bits per heavy atom. The summed E-state index contributed by atoms with van der Waals surface area (Å²) in [7, 11) is 0. The van der Waals surface area contributed by atoms with Crippen LogP contribution in [0.4, 0.5) is 0 Å². The van der Waals surface area contributed by atoms with Gasteiger partial charge in [0.25, 0.3) is 0 Å². The number of ether oxygens (including phenoxy) is 1. The molecule has 3 fully saturated rings. The Labute approximate surface area is 81.2 Å². The summed E-state index contributed by atoms with van der Waals surface area (Å²) in [5, 5.41) is 9.02. The van der Waals surface area contributed by atoms with Gasteiger partial charge >= 0.3 is 11.9 Å². The molecular weight excluding hydrogens is 184 g/mol. The molecule has 1 heterocycles. The Kier molecular flexibility index (Phi) is 1.47. The second-order valence-corrected chi connectivity index (χ2v) is 4.58. The van der Waals surface area contributed by atoms with Crippen LogP contribution in [0.15, 0.2) is 0 Å². The topological polar surface area (TPSA) is 63.6 Å². The van der Waals surface area contributed by atoms with Gasteiger partial charge in [0.2, 0.25) is 0 Å². The van der Waals surface area contributed by atoms with E-state index in [1.807, 2.05) is 0 Å². The molecular formula is C10H12O4. The predicted molar refractivity (Wildman–Crippen MR) is 45.3 cm³/mol. The maximum Gasteiger partial charge on any atom is 0.309 e. The van der Waals surface area contributed by atoms with Crippen LogP contribution in [0.3, 0.4) is 0 Å². The highest BCUT2D eigenvalue weighted by Crippen LogP contribution is 2.55. The van der Waals surface area contributed by atoms with Gasteiger partial charge in [0.15, 0.2) is 0 Å². The smallest absolute Gasteiger partial charge is 0.309 e. The lowest BCUT2D eigenvalue weighted by molar-refractivity contribution is -0.146. The first-order chi connectivity index (χ1) is 6.68. The number of hydrogen-bond donors (Lipinski definition) is 1. The molecule has 2 aliphatic carbocycles. The van der Waals surface area contributed by atoms with E-state index in [-0.39, 0.29) is 35.7 Å². The molecule has 1 N–H and O–H groups in total.